The fraction of sp³-hybridized carbons (Fsp3) is 0.579. The number of nitrogens with zero attached hydrogens (tertiary/aromatic N) is 2. The fourth-order valence-corrected chi connectivity index (χ4v) is 3.72. The van der Waals surface area contributed by atoms with Gasteiger partial charge >= 0.3 is 0 Å². The number of rotatable bonds is 5. The standard InChI is InChI=1S/C19H26N2O2/c1-3-20(4-2)18(23)17-15(14-22)6-5-7-16(17)21-12-10-19(8-9-19)11-13-21/h5-7,14H,3-4,8-13H2,1-2H3. The molecule has 1 aromatic carbocycles. The third-order valence-corrected chi connectivity index (χ3v) is 5.59. The molecule has 2 aliphatic rings. The summed E-state index contributed by atoms with van der Waals surface area (Å²) in [5, 5.41) is 0. The number of hydrogen-bond acceptors (Lipinski definition) is 3. The van der Waals surface area contributed by atoms with Crippen LogP contribution in [0.4, 0.5) is 5.69 Å². The van der Waals surface area contributed by atoms with Crippen LogP contribution in [0.15, 0.2) is 18.2 Å². The van der Waals surface area contributed by atoms with E-state index in [1.807, 2.05) is 26.0 Å². The monoisotopic (exact) mass is 314 g/mol. The number of hydrogen-bond donors (Lipinski definition) is 0. The van der Waals surface area contributed by atoms with E-state index in [0.29, 0.717) is 29.6 Å². The summed E-state index contributed by atoms with van der Waals surface area (Å²) in [6.07, 6.45) is 5.95. The van der Waals surface area contributed by atoms with E-state index in [4.69, 9.17) is 0 Å². The number of carbonyl (C=O) groups excluding carboxylic acids is 2. The first-order valence-corrected chi connectivity index (χ1v) is 8.76. The molecule has 4 nitrogen and oxygen atoms in total. The number of carbonyl (C=O) groups is 2. The van der Waals surface area contributed by atoms with Crippen molar-refractivity contribution >= 4 is 17.9 Å². The highest BCUT2D eigenvalue weighted by molar-refractivity contribution is 6.06. The fourth-order valence-electron chi connectivity index (χ4n) is 3.72. The van der Waals surface area contributed by atoms with E-state index in [2.05, 4.69) is 4.90 Å². The van der Waals surface area contributed by atoms with Gasteiger partial charge in [0, 0.05) is 31.7 Å². The lowest BCUT2D eigenvalue weighted by Crippen LogP contribution is -2.37. The second-order valence-electron chi connectivity index (χ2n) is 6.82. The van der Waals surface area contributed by atoms with Gasteiger partial charge in [-0.2, -0.15) is 0 Å². The Balaban J connectivity index is 1.93. The molecule has 3 rings (SSSR count). The molecule has 23 heavy (non-hydrogen) atoms. The van der Waals surface area contributed by atoms with Crippen LogP contribution in [0.5, 0.6) is 0 Å². The van der Waals surface area contributed by atoms with Gasteiger partial charge in [-0.25, -0.2) is 0 Å². The van der Waals surface area contributed by atoms with Crippen molar-refractivity contribution in [3.05, 3.63) is 29.3 Å². The minimum atomic E-state index is -0.0283. The molecular weight excluding hydrogens is 288 g/mol. The highest BCUT2D eigenvalue weighted by Crippen LogP contribution is 2.54. The Hall–Kier alpha value is -1.84. The van der Waals surface area contributed by atoms with Crippen LogP contribution in [0.2, 0.25) is 0 Å². The molecular formula is C19H26N2O2. The van der Waals surface area contributed by atoms with Crippen LogP contribution in [0.3, 0.4) is 0 Å². The molecule has 4 heteroatoms. The number of benzene rings is 1. The van der Waals surface area contributed by atoms with Gasteiger partial charge in [0.1, 0.15) is 0 Å². The van der Waals surface area contributed by atoms with E-state index < -0.39 is 0 Å². The van der Waals surface area contributed by atoms with E-state index in [0.717, 1.165) is 25.1 Å². The van der Waals surface area contributed by atoms with Gasteiger partial charge in [0.15, 0.2) is 6.29 Å². The summed E-state index contributed by atoms with van der Waals surface area (Å²) in [5.41, 5.74) is 2.62. The molecule has 1 aromatic rings. The summed E-state index contributed by atoms with van der Waals surface area (Å²) >= 11 is 0. The van der Waals surface area contributed by atoms with Crippen molar-refractivity contribution in [3.63, 3.8) is 0 Å². The maximum Gasteiger partial charge on any atom is 0.256 e. The molecule has 1 saturated heterocycles. The zero-order valence-corrected chi connectivity index (χ0v) is 14.2. The van der Waals surface area contributed by atoms with Crippen molar-refractivity contribution in [3.8, 4) is 0 Å². The molecule has 1 saturated carbocycles. The highest BCUT2D eigenvalue weighted by Gasteiger charge is 2.44. The molecule has 0 unspecified atom stereocenters. The quantitative estimate of drug-likeness (QED) is 0.783. The van der Waals surface area contributed by atoms with Gasteiger partial charge in [-0.05, 0) is 51.0 Å². The first kappa shape index (κ1) is 16.0. The van der Waals surface area contributed by atoms with Crippen molar-refractivity contribution < 1.29 is 9.59 Å². The summed E-state index contributed by atoms with van der Waals surface area (Å²) < 4.78 is 0. The zero-order valence-electron chi connectivity index (χ0n) is 14.2. The Bertz CT molecular complexity index is 593. The van der Waals surface area contributed by atoms with Crippen molar-refractivity contribution in [2.45, 2.75) is 39.5 Å². The van der Waals surface area contributed by atoms with Crippen LogP contribution < -0.4 is 4.90 Å². The normalized spacial score (nSPS) is 18.8. The average Bonchev–Trinajstić information content (AvgIpc) is 3.35. The van der Waals surface area contributed by atoms with E-state index in [-0.39, 0.29) is 5.91 Å². The first-order chi connectivity index (χ1) is 11.1. The summed E-state index contributed by atoms with van der Waals surface area (Å²) in [4.78, 5) is 28.5. The van der Waals surface area contributed by atoms with Gasteiger partial charge < -0.3 is 9.80 Å². The molecule has 1 amide bonds. The Morgan fingerprint density at radius 3 is 2.35 bits per heavy atom. The van der Waals surface area contributed by atoms with Gasteiger partial charge in [0.2, 0.25) is 0 Å². The van der Waals surface area contributed by atoms with E-state index in [1.165, 1.54) is 25.7 Å². The maximum atomic E-state index is 12.9. The molecule has 0 radical (unpaired) electrons. The van der Waals surface area contributed by atoms with Crippen molar-refractivity contribution in [1.29, 1.82) is 0 Å². The van der Waals surface area contributed by atoms with Crippen LogP contribution in [0.1, 0.15) is 60.2 Å². The van der Waals surface area contributed by atoms with Gasteiger partial charge in [0.25, 0.3) is 5.91 Å². The second kappa shape index (κ2) is 6.34. The van der Waals surface area contributed by atoms with Gasteiger partial charge in [-0.1, -0.05) is 12.1 Å². The van der Waals surface area contributed by atoms with E-state index in [9.17, 15) is 9.59 Å². The Morgan fingerprint density at radius 1 is 1.17 bits per heavy atom. The topological polar surface area (TPSA) is 40.6 Å². The van der Waals surface area contributed by atoms with Gasteiger partial charge in [-0.15, -0.1) is 0 Å². The number of anilines is 1. The summed E-state index contributed by atoms with van der Waals surface area (Å²) in [5.74, 6) is -0.0283. The second-order valence-corrected chi connectivity index (χ2v) is 6.82. The van der Waals surface area contributed by atoms with Gasteiger partial charge in [0.05, 0.1) is 11.3 Å². The Labute approximate surface area is 138 Å². The average molecular weight is 314 g/mol. The molecule has 2 fully saturated rings. The van der Waals surface area contributed by atoms with Crippen molar-refractivity contribution in [1.82, 2.24) is 4.90 Å². The van der Waals surface area contributed by atoms with Crippen molar-refractivity contribution in [2.24, 2.45) is 5.41 Å². The maximum absolute atomic E-state index is 12.9. The van der Waals surface area contributed by atoms with Crippen LogP contribution in [0, 0.1) is 5.41 Å². The van der Waals surface area contributed by atoms with E-state index >= 15 is 0 Å². The minimum absolute atomic E-state index is 0.0283. The molecule has 1 aliphatic carbocycles. The van der Waals surface area contributed by atoms with Crippen LogP contribution in [-0.4, -0.2) is 43.3 Å². The predicted molar refractivity (Wildman–Crippen MR) is 92.2 cm³/mol. The third-order valence-electron chi connectivity index (χ3n) is 5.59. The highest BCUT2D eigenvalue weighted by atomic mass is 16.2. The zero-order chi connectivity index (χ0) is 16.4. The Morgan fingerprint density at radius 2 is 1.83 bits per heavy atom. The number of piperidine rings is 1. The third kappa shape index (κ3) is 2.99. The number of aldehydes is 1. The van der Waals surface area contributed by atoms with Crippen LogP contribution in [-0.2, 0) is 0 Å². The smallest absolute Gasteiger partial charge is 0.256 e. The molecule has 0 bridgehead atoms. The summed E-state index contributed by atoms with van der Waals surface area (Å²) in [6.45, 7) is 7.24. The summed E-state index contributed by atoms with van der Waals surface area (Å²) in [7, 11) is 0. The largest absolute Gasteiger partial charge is 0.371 e. The first-order valence-electron chi connectivity index (χ1n) is 8.76. The molecule has 124 valence electrons. The molecule has 0 aromatic heterocycles. The SMILES string of the molecule is CCN(CC)C(=O)c1c(C=O)cccc1N1CCC2(CC1)CC2. The number of amides is 1. The molecule has 1 spiro atoms. The predicted octanol–water partition coefficient (Wildman–Crippen LogP) is 3.36. The summed E-state index contributed by atoms with van der Waals surface area (Å²) in [6, 6.07) is 5.63. The van der Waals surface area contributed by atoms with Gasteiger partial charge in [-0.3, -0.25) is 9.59 Å². The Kier molecular flexibility index (Phi) is 4.42. The van der Waals surface area contributed by atoms with Crippen LogP contribution in [0.25, 0.3) is 0 Å². The molecule has 0 N–H and O–H groups in total. The lowest BCUT2D eigenvalue weighted by molar-refractivity contribution is 0.0770. The van der Waals surface area contributed by atoms with Crippen LogP contribution >= 0.6 is 0 Å². The molecule has 0 atom stereocenters. The van der Waals surface area contributed by atoms with E-state index in [1.54, 1.807) is 11.0 Å². The lowest BCUT2D eigenvalue weighted by atomic mass is 9.92. The minimum Gasteiger partial charge on any atom is -0.371 e. The van der Waals surface area contributed by atoms with Crippen molar-refractivity contribution in [2.75, 3.05) is 31.1 Å². The lowest BCUT2D eigenvalue weighted by Gasteiger charge is -2.35. The molecule has 1 heterocycles. The molecule has 1 aliphatic heterocycles.